The molecule has 0 aliphatic heterocycles. The summed E-state index contributed by atoms with van der Waals surface area (Å²) < 4.78 is 0. The molecule has 1 aromatic carbocycles. The molecule has 17 heavy (non-hydrogen) atoms. The first-order chi connectivity index (χ1) is 7.99. The van der Waals surface area contributed by atoms with Crippen LogP contribution in [0.15, 0.2) is 30.3 Å². The predicted molar refractivity (Wildman–Crippen MR) is 65.0 cm³/mol. The molecular weight excluding hydrogens is 218 g/mol. The van der Waals surface area contributed by atoms with Crippen molar-refractivity contribution in [3.63, 3.8) is 0 Å². The molecular formula is C13H15NO3. The van der Waals surface area contributed by atoms with Crippen molar-refractivity contribution in [3.05, 3.63) is 46.0 Å². The molecule has 0 bridgehead atoms. The first-order valence-electron chi connectivity index (χ1n) is 5.43. The molecule has 4 heteroatoms. The molecule has 0 aliphatic rings. The molecule has 1 rings (SSSR count). The molecule has 0 saturated carbocycles. The van der Waals surface area contributed by atoms with Crippen molar-refractivity contribution in [2.24, 2.45) is 0 Å². The van der Waals surface area contributed by atoms with Gasteiger partial charge in [-0.05, 0) is 18.6 Å². The van der Waals surface area contributed by atoms with Gasteiger partial charge in [-0.1, -0.05) is 37.0 Å². The minimum absolute atomic E-state index is 0.217. The standard InChI is InChI=1S/C13H15NO3/c1-3-13(15,11(2)14(16)17)10-9-12-7-5-4-6-8-12/h4-8,11,15H,3H2,1-2H3/t11-,13-/m1/s1. The predicted octanol–water partition coefficient (Wildman–Crippen LogP) is 1.84. The van der Waals surface area contributed by atoms with Crippen molar-refractivity contribution in [2.75, 3.05) is 0 Å². The molecule has 1 N–H and O–H groups in total. The van der Waals surface area contributed by atoms with Crippen LogP contribution in [-0.2, 0) is 0 Å². The maximum Gasteiger partial charge on any atom is 0.249 e. The topological polar surface area (TPSA) is 63.4 Å². The Balaban J connectivity index is 2.98. The largest absolute Gasteiger partial charge is 0.371 e. The maximum atomic E-state index is 10.7. The lowest BCUT2D eigenvalue weighted by Crippen LogP contribution is -2.43. The van der Waals surface area contributed by atoms with Crippen LogP contribution < -0.4 is 0 Å². The van der Waals surface area contributed by atoms with Crippen LogP contribution in [0.25, 0.3) is 0 Å². The summed E-state index contributed by atoms with van der Waals surface area (Å²) in [6.45, 7) is 3.04. The number of aliphatic hydroxyl groups is 1. The van der Waals surface area contributed by atoms with Gasteiger partial charge in [-0.25, -0.2) is 0 Å². The first kappa shape index (κ1) is 13.2. The van der Waals surface area contributed by atoms with Crippen molar-refractivity contribution in [2.45, 2.75) is 31.9 Å². The minimum atomic E-state index is -1.58. The van der Waals surface area contributed by atoms with E-state index in [1.165, 1.54) is 6.92 Å². The van der Waals surface area contributed by atoms with E-state index in [0.717, 1.165) is 5.56 Å². The molecule has 4 nitrogen and oxygen atoms in total. The molecule has 0 aliphatic carbocycles. The quantitative estimate of drug-likeness (QED) is 0.492. The Labute approximate surface area is 100 Å². The molecule has 0 radical (unpaired) electrons. The van der Waals surface area contributed by atoms with Crippen molar-refractivity contribution in [1.82, 2.24) is 0 Å². The van der Waals surface area contributed by atoms with Gasteiger partial charge >= 0.3 is 0 Å². The summed E-state index contributed by atoms with van der Waals surface area (Å²) in [4.78, 5) is 10.2. The minimum Gasteiger partial charge on any atom is -0.371 e. The van der Waals surface area contributed by atoms with Gasteiger partial charge in [0.15, 0.2) is 5.60 Å². The van der Waals surface area contributed by atoms with Crippen LogP contribution in [0.5, 0.6) is 0 Å². The van der Waals surface area contributed by atoms with Crippen LogP contribution in [-0.4, -0.2) is 21.7 Å². The molecule has 0 aromatic heterocycles. The second kappa shape index (κ2) is 5.46. The SMILES string of the molecule is CC[C@@](O)(C#Cc1ccccc1)[C@@H](C)[N+](=O)[O-]. The fraction of sp³-hybridized carbons (Fsp3) is 0.385. The van der Waals surface area contributed by atoms with Crippen molar-refractivity contribution < 1.29 is 10.0 Å². The highest BCUT2D eigenvalue weighted by Gasteiger charge is 2.38. The number of nitrogens with zero attached hydrogens (tertiary/aromatic N) is 1. The highest BCUT2D eigenvalue weighted by atomic mass is 16.6. The smallest absolute Gasteiger partial charge is 0.249 e. The van der Waals surface area contributed by atoms with Crippen LogP contribution in [0.4, 0.5) is 0 Å². The average molecular weight is 233 g/mol. The Hall–Kier alpha value is -1.86. The third-order valence-electron chi connectivity index (χ3n) is 2.74. The molecule has 0 saturated heterocycles. The van der Waals surface area contributed by atoms with E-state index in [9.17, 15) is 15.2 Å². The van der Waals surface area contributed by atoms with Gasteiger partial charge in [0.25, 0.3) is 0 Å². The van der Waals surface area contributed by atoms with E-state index in [1.54, 1.807) is 19.1 Å². The van der Waals surface area contributed by atoms with Gasteiger partial charge in [-0.3, -0.25) is 10.1 Å². The van der Waals surface area contributed by atoms with E-state index in [1.807, 2.05) is 18.2 Å². The molecule has 1 aromatic rings. The monoisotopic (exact) mass is 233 g/mol. The van der Waals surface area contributed by atoms with E-state index >= 15 is 0 Å². The van der Waals surface area contributed by atoms with Crippen molar-refractivity contribution in [3.8, 4) is 11.8 Å². The Morgan fingerprint density at radius 3 is 2.53 bits per heavy atom. The molecule has 0 amide bonds. The van der Waals surface area contributed by atoms with E-state index in [-0.39, 0.29) is 6.42 Å². The number of benzene rings is 1. The average Bonchev–Trinajstić information content (AvgIpc) is 2.36. The van der Waals surface area contributed by atoms with E-state index in [2.05, 4.69) is 11.8 Å². The number of hydrogen-bond acceptors (Lipinski definition) is 3. The van der Waals surface area contributed by atoms with Gasteiger partial charge in [0.1, 0.15) is 0 Å². The summed E-state index contributed by atoms with van der Waals surface area (Å²) in [5.74, 6) is 5.37. The normalized spacial score (nSPS) is 15.2. The Kier molecular flexibility index (Phi) is 4.24. The lowest BCUT2D eigenvalue weighted by atomic mass is 9.93. The van der Waals surface area contributed by atoms with Gasteiger partial charge in [-0.15, -0.1) is 0 Å². The zero-order chi connectivity index (χ0) is 12.9. The summed E-state index contributed by atoms with van der Waals surface area (Å²) in [5, 5.41) is 20.8. The van der Waals surface area contributed by atoms with Crippen molar-refractivity contribution in [1.29, 1.82) is 0 Å². The first-order valence-corrected chi connectivity index (χ1v) is 5.43. The van der Waals surface area contributed by atoms with Crippen LogP contribution >= 0.6 is 0 Å². The summed E-state index contributed by atoms with van der Waals surface area (Å²) in [7, 11) is 0. The molecule has 0 unspecified atom stereocenters. The zero-order valence-electron chi connectivity index (χ0n) is 9.88. The van der Waals surface area contributed by atoms with E-state index in [0.29, 0.717) is 0 Å². The Morgan fingerprint density at radius 1 is 1.47 bits per heavy atom. The van der Waals surface area contributed by atoms with Gasteiger partial charge in [0.05, 0.1) is 0 Å². The summed E-state index contributed by atoms with van der Waals surface area (Å²) in [6, 6.07) is 7.98. The van der Waals surface area contributed by atoms with Crippen LogP contribution in [0.2, 0.25) is 0 Å². The van der Waals surface area contributed by atoms with Gasteiger partial charge in [-0.2, -0.15) is 0 Å². The van der Waals surface area contributed by atoms with E-state index in [4.69, 9.17) is 0 Å². The summed E-state index contributed by atoms with van der Waals surface area (Å²) in [5.41, 5.74) is -0.853. The fourth-order valence-electron chi connectivity index (χ4n) is 1.36. The maximum absolute atomic E-state index is 10.7. The molecule has 0 heterocycles. The Morgan fingerprint density at radius 2 is 2.06 bits per heavy atom. The van der Waals surface area contributed by atoms with Crippen molar-refractivity contribution >= 4 is 0 Å². The third kappa shape index (κ3) is 3.30. The second-order valence-corrected chi connectivity index (χ2v) is 3.86. The van der Waals surface area contributed by atoms with Crippen LogP contribution in [0.3, 0.4) is 0 Å². The number of nitro groups is 1. The summed E-state index contributed by atoms with van der Waals surface area (Å²) >= 11 is 0. The van der Waals surface area contributed by atoms with Crippen LogP contribution in [0.1, 0.15) is 25.8 Å². The molecule has 2 atom stereocenters. The number of rotatable bonds is 3. The summed E-state index contributed by atoms with van der Waals surface area (Å²) in [6.07, 6.45) is 0.217. The second-order valence-electron chi connectivity index (χ2n) is 3.86. The Bertz CT molecular complexity index is 447. The third-order valence-corrected chi connectivity index (χ3v) is 2.74. The lowest BCUT2D eigenvalue weighted by molar-refractivity contribution is -0.536. The van der Waals surface area contributed by atoms with Gasteiger partial charge < -0.3 is 5.11 Å². The molecule has 0 spiro atoms. The van der Waals surface area contributed by atoms with Gasteiger partial charge in [0.2, 0.25) is 6.04 Å². The van der Waals surface area contributed by atoms with Gasteiger partial charge in [0, 0.05) is 17.4 Å². The van der Waals surface area contributed by atoms with E-state index < -0.39 is 16.6 Å². The highest BCUT2D eigenvalue weighted by Crippen LogP contribution is 2.16. The molecule has 0 fully saturated rings. The molecule has 90 valence electrons. The highest BCUT2D eigenvalue weighted by molar-refractivity contribution is 5.36. The number of hydrogen-bond donors (Lipinski definition) is 1. The fourth-order valence-corrected chi connectivity index (χ4v) is 1.36. The lowest BCUT2D eigenvalue weighted by Gasteiger charge is -2.21. The van der Waals surface area contributed by atoms with Crippen LogP contribution in [0, 0.1) is 22.0 Å². The zero-order valence-corrected chi connectivity index (χ0v) is 9.88.